The van der Waals surface area contributed by atoms with Crippen LogP contribution in [-0.4, -0.2) is 37.2 Å². The topological polar surface area (TPSA) is 46.6 Å². The van der Waals surface area contributed by atoms with E-state index in [0.29, 0.717) is 34.2 Å². The molecule has 0 radical (unpaired) electrons. The van der Waals surface area contributed by atoms with Crippen LogP contribution < -0.4 is 0 Å². The Morgan fingerprint density at radius 1 is 0.929 bits per heavy atom. The van der Waals surface area contributed by atoms with Crippen LogP contribution >= 0.6 is 0 Å². The average Bonchev–Trinajstić information content (AvgIpc) is 2.88. The molecule has 1 aliphatic heterocycles. The number of carbonyl (C=O) groups is 2. The lowest BCUT2D eigenvalue weighted by Gasteiger charge is -2.46. The Hall–Kier alpha value is -1.72. The zero-order chi connectivity index (χ0) is 21.2. The van der Waals surface area contributed by atoms with Crippen molar-refractivity contribution >= 4 is 20.1 Å². The number of hydrogen-bond acceptors (Lipinski definition) is 3. The van der Waals surface area contributed by atoms with Crippen LogP contribution in [0, 0.1) is 0 Å². The van der Waals surface area contributed by atoms with Gasteiger partial charge in [0, 0.05) is 0 Å². The van der Waals surface area contributed by atoms with Gasteiger partial charge >= 0.3 is 0 Å². The largest absolute Gasteiger partial charge is 0.411 e. The first kappa shape index (κ1) is 22.6. The summed E-state index contributed by atoms with van der Waals surface area (Å²) in [6.07, 6.45) is 2.04. The van der Waals surface area contributed by atoms with Crippen molar-refractivity contribution in [2.45, 2.75) is 83.7 Å². The van der Waals surface area contributed by atoms with Crippen LogP contribution in [0.1, 0.15) is 75.6 Å². The number of rotatable bonds is 9. The summed E-state index contributed by atoms with van der Waals surface area (Å²) in [7, 11) is -2.14. The maximum absolute atomic E-state index is 13.0. The Balaban J connectivity index is 2.40. The van der Waals surface area contributed by atoms with E-state index < -0.39 is 8.32 Å². The van der Waals surface area contributed by atoms with Gasteiger partial charge in [0.25, 0.3) is 11.8 Å². The minimum absolute atomic E-state index is 0.228. The van der Waals surface area contributed by atoms with E-state index in [9.17, 15) is 9.59 Å². The summed E-state index contributed by atoms with van der Waals surface area (Å²) in [4.78, 5) is 27.4. The Bertz CT molecular complexity index is 684. The van der Waals surface area contributed by atoms with Crippen LogP contribution in [-0.2, 0) is 4.43 Å². The molecule has 0 unspecified atom stereocenters. The molecule has 4 nitrogen and oxygen atoms in total. The quantitative estimate of drug-likeness (QED) is 0.298. The van der Waals surface area contributed by atoms with Crippen LogP contribution in [0.3, 0.4) is 0 Å². The lowest BCUT2D eigenvalue weighted by molar-refractivity contribution is 0.0401. The monoisotopic (exact) mass is 401 g/mol. The second-order valence-corrected chi connectivity index (χ2v) is 14.2. The van der Waals surface area contributed by atoms with Crippen molar-refractivity contribution in [3.63, 3.8) is 0 Å². The summed E-state index contributed by atoms with van der Waals surface area (Å²) >= 11 is 0. The molecule has 5 heteroatoms. The van der Waals surface area contributed by atoms with Crippen LogP contribution in [0.15, 0.2) is 36.9 Å². The van der Waals surface area contributed by atoms with Crippen molar-refractivity contribution in [2.75, 3.05) is 0 Å². The number of hydrogen-bond donors (Lipinski definition) is 0. The van der Waals surface area contributed by atoms with E-state index in [0.717, 1.165) is 0 Å². The third-order valence-electron chi connectivity index (χ3n) is 6.20. The van der Waals surface area contributed by atoms with Gasteiger partial charge in [-0.2, -0.15) is 0 Å². The van der Waals surface area contributed by atoms with Crippen LogP contribution in [0.25, 0.3) is 0 Å². The predicted molar refractivity (Wildman–Crippen MR) is 117 cm³/mol. The molecule has 2 atom stereocenters. The minimum atomic E-state index is -2.14. The molecule has 0 saturated carbocycles. The summed E-state index contributed by atoms with van der Waals surface area (Å²) in [6, 6.07) is 6.69. The zero-order valence-corrected chi connectivity index (χ0v) is 19.4. The molecule has 0 saturated heterocycles. The van der Waals surface area contributed by atoms with Crippen molar-refractivity contribution in [3.8, 4) is 0 Å². The molecule has 1 aliphatic rings. The average molecular weight is 402 g/mol. The van der Waals surface area contributed by atoms with Gasteiger partial charge in [0.15, 0.2) is 0 Å². The molecule has 154 valence electrons. The Morgan fingerprint density at radius 2 is 1.36 bits per heavy atom. The van der Waals surface area contributed by atoms with Gasteiger partial charge in [-0.25, -0.2) is 0 Å². The molecule has 0 aliphatic carbocycles. The Kier molecular flexibility index (Phi) is 7.05. The van der Waals surface area contributed by atoms with Gasteiger partial charge in [-0.3, -0.25) is 14.5 Å². The van der Waals surface area contributed by atoms with Crippen molar-refractivity contribution in [2.24, 2.45) is 0 Å². The van der Waals surface area contributed by atoms with E-state index >= 15 is 0 Å². The van der Waals surface area contributed by atoms with E-state index in [2.05, 4.69) is 48.1 Å². The third-order valence-corrected chi connectivity index (χ3v) is 12.4. The SMILES string of the molecule is C=CC[C@H]([C@@H](C)O[Si](C(C)C)(C(C)C)C(C)C)N1C(=O)c2ccccc2C1=O. The first-order valence-electron chi connectivity index (χ1n) is 10.3. The zero-order valence-electron chi connectivity index (χ0n) is 18.4. The highest BCUT2D eigenvalue weighted by atomic mass is 28.4. The highest BCUT2D eigenvalue weighted by Gasteiger charge is 2.49. The second kappa shape index (κ2) is 8.74. The molecule has 28 heavy (non-hydrogen) atoms. The molecule has 2 amide bonds. The number of amides is 2. The molecule has 1 aromatic carbocycles. The van der Waals surface area contributed by atoms with Gasteiger partial charge in [-0.15, -0.1) is 6.58 Å². The Labute approximate surface area is 171 Å². The van der Waals surface area contributed by atoms with Gasteiger partial charge in [0.2, 0.25) is 8.32 Å². The van der Waals surface area contributed by atoms with Crippen LogP contribution in [0.2, 0.25) is 16.6 Å². The van der Waals surface area contributed by atoms with Crippen LogP contribution in [0.4, 0.5) is 0 Å². The van der Waals surface area contributed by atoms with E-state index in [1.54, 1.807) is 30.3 Å². The standard InChI is InChI=1S/C23H35NO3Si/c1-9-12-21(18(8)27-28(15(2)3,16(4)5)17(6)7)24-22(25)19-13-10-11-14-20(19)23(24)26/h9-11,13-18,21H,1,12H2,2-8H3/t18-,21-/m1/s1. The van der Waals surface area contributed by atoms with Gasteiger partial charge in [0.1, 0.15) is 0 Å². The number of nitrogens with zero attached hydrogens (tertiary/aromatic N) is 1. The summed E-state index contributed by atoms with van der Waals surface area (Å²) in [5.41, 5.74) is 2.26. The summed E-state index contributed by atoms with van der Waals surface area (Å²) in [5, 5.41) is 0. The second-order valence-electron chi connectivity index (χ2n) is 8.76. The molecule has 1 heterocycles. The van der Waals surface area contributed by atoms with Gasteiger partial charge in [-0.1, -0.05) is 59.8 Å². The number of carbonyl (C=O) groups excluding carboxylic acids is 2. The lowest BCUT2D eigenvalue weighted by atomic mass is 10.1. The van der Waals surface area contributed by atoms with E-state index in [1.807, 2.05) is 6.92 Å². The summed E-state index contributed by atoms with van der Waals surface area (Å²) < 4.78 is 6.89. The fourth-order valence-electron chi connectivity index (χ4n) is 5.00. The number of benzene rings is 1. The summed E-state index contributed by atoms with van der Waals surface area (Å²) in [6.45, 7) is 19.3. The smallest absolute Gasteiger partial charge is 0.261 e. The van der Waals surface area contributed by atoms with Crippen molar-refractivity contribution < 1.29 is 14.0 Å². The molecule has 2 rings (SSSR count). The maximum atomic E-state index is 13.0. The number of imide groups is 1. The molecule has 0 aromatic heterocycles. The predicted octanol–water partition coefficient (Wildman–Crippen LogP) is 5.81. The minimum Gasteiger partial charge on any atom is -0.411 e. The highest BCUT2D eigenvalue weighted by molar-refractivity contribution is 6.77. The van der Waals surface area contributed by atoms with Crippen molar-refractivity contribution in [1.29, 1.82) is 0 Å². The third kappa shape index (κ3) is 3.74. The normalized spacial score (nSPS) is 16.9. The van der Waals surface area contributed by atoms with Crippen molar-refractivity contribution in [1.82, 2.24) is 4.90 Å². The summed E-state index contributed by atoms with van der Waals surface area (Å²) in [5.74, 6) is -0.456. The van der Waals surface area contributed by atoms with Gasteiger partial charge < -0.3 is 4.43 Å². The first-order valence-corrected chi connectivity index (χ1v) is 12.5. The molecular formula is C23H35NO3Si. The highest BCUT2D eigenvalue weighted by Crippen LogP contribution is 2.44. The van der Waals surface area contributed by atoms with E-state index in [-0.39, 0.29) is 24.0 Å². The molecule has 0 spiro atoms. The Morgan fingerprint density at radius 3 is 1.71 bits per heavy atom. The van der Waals surface area contributed by atoms with Gasteiger partial charge in [-0.05, 0) is 42.1 Å². The van der Waals surface area contributed by atoms with Gasteiger partial charge in [0.05, 0.1) is 23.3 Å². The fraction of sp³-hybridized carbons (Fsp3) is 0.565. The molecule has 0 fully saturated rings. The lowest BCUT2D eigenvalue weighted by Crippen LogP contribution is -2.55. The molecular weight excluding hydrogens is 366 g/mol. The molecule has 0 N–H and O–H groups in total. The number of fused-ring (bicyclic) bond motifs is 1. The molecule has 0 bridgehead atoms. The van der Waals surface area contributed by atoms with E-state index in [4.69, 9.17) is 4.43 Å². The van der Waals surface area contributed by atoms with E-state index in [1.165, 1.54) is 4.90 Å². The first-order chi connectivity index (χ1) is 13.1. The van der Waals surface area contributed by atoms with Crippen molar-refractivity contribution in [3.05, 3.63) is 48.0 Å². The molecule has 1 aromatic rings. The van der Waals surface area contributed by atoms with Crippen LogP contribution in [0.5, 0.6) is 0 Å². The maximum Gasteiger partial charge on any atom is 0.261 e. The fourth-order valence-corrected chi connectivity index (χ4v) is 10.6.